The van der Waals surface area contributed by atoms with Crippen molar-refractivity contribution >= 4 is 22.3 Å². The number of aromatic nitrogens is 2. The summed E-state index contributed by atoms with van der Waals surface area (Å²) in [4.78, 5) is 17.0. The first-order chi connectivity index (χ1) is 10.2. The maximum atomic E-state index is 11.8. The average molecular weight is 297 g/mol. The van der Waals surface area contributed by atoms with E-state index in [-0.39, 0.29) is 19.0 Å². The summed E-state index contributed by atoms with van der Waals surface area (Å²) < 4.78 is 7.09. The van der Waals surface area contributed by atoms with Crippen LogP contribution < -0.4 is 0 Å². The van der Waals surface area contributed by atoms with Gasteiger partial charge in [0, 0.05) is 17.8 Å². The van der Waals surface area contributed by atoms with Gasteiger partial charge < -0.3 is 4.74 Å². The highest BCUT2D eigenvalue weighted by Crippen LogP contribution is 2.12. The van der Waals surface area contributed by atoms with Crippen LogP contribution in [0.4, 0.5) is 0 Å². The first-order valence-electron chi connectivity index (χ1n) is 6.30. The summed E-state index contributed by atoms with van der Waals surface area (Å²) in [6.07, 6.45) is 3.89. The van der Waals surface area contributed by atoms with Gasteiger partial charge in [-0.1, -0.05) is 12.1 Å². The summed E-state index contributed by atoms with van der Waals surface area (Å²) in [6.45, 7) is 0.201. The van der Waals surface area contributed by atoms with Crippen LogP contribution in [-0.2, 0) is 22.6 Å². The number of carbonyl (C=O) groups excluding carboxylic acids is 1. The van der Waals surface area contributed by atoms with Crippen molar-refractivity contribution in [2.45, 2.75) is 13.0 Å². The fourth-order valence-electron chi connectivity index (χ4n) is 1.90. The van der Waals surface area contributed by atoms with E-state index in [9.17, 15) is 4.79 Å². The molecule has 0 radical (unpaired) electrons. The van der Waals surface area contributed by atoms with Crippen LogP contribution in [0.2, 0.25) is 0 Å². The van der Waals surface area contributed by atoms with Gasteiger partial charge >= 0.3 is 5.97 Å². The number of nitriles is 1. The molecule has 3 aromatic rings. The van der Waals surface area contributed by atoms with Crippen LogP contribution >= 0.6 is 11.3 Å². The van der Waals surface area contributed by atoms with Gasteiger partial charge in [-0.05, 0) is 17.7 Å². The Morgan fingerprint density at radius 1 is 1.38 bits per heavy atom. The fraction of sp³-hybridized carbons (Fsp3) is 0.133. The quantitative estimate of drug-likeness (QED) is 0.694. The van der Waals surface area contributed by atoms with Crippen LogP contribution in [0.3, 0.4) is 0 Å². The van der Waals surface area contributed by atoms with E-state index in [1.54, 1.807) is 24.3 Å². The minimum Gasteiger partial charge on any atom is -0.461 e. The van der Waals surface area contributed by atoms with Gasteiger partial charge in [0.05, 0.1) is 23.7 Å². The largest absolute Gasteiger partial charge is 0.461 e. The molecule has 2 aromatic heterocycles. The van der Waals surface area contributed by atoms with Crippen molar-refractivity contribution in [3.63, 3.8) is 0 Å². The lowest BCUT2D eigenvalue weighted by Crippen LogP contribution is -2.08. The normalized spacial score (nSPS) is 10.4. The van der Waals surface area contributed by atoms with Gasteiger partial charge in [0.15, 0.2) is 4.96 Å². The van der Waals surface area contributed by atoms with Gasteiger partial charge in [0.2, 0.25) is 0 Å². The van der Waals surface area contributed by atoms with E-state index < -0.39 is 0 Å². The van der Waals surface area contributed by atoms with Gasteiger partial charge in [-0.25, -0.2) is 4.98 Å². The van der Waals surface area contributed by atoms with Crippen molar-refractivity contribution in [2.75, 3.05) is 0 Å². The molecule has 104 valence electrons. The Morgan fingerprint density at radius 3 is 2.90 bits per heavy atom. The van der Waals surface area contributed by atoms with Crippen molar-refractivity contribution in [2.24, 2.45) is 0 Å². The summed E-state index contributed by atoms with van der Waals surface area (Å²) in [5.41, 5.74) is 2.14. The second-order valence-electron chi connectivity index (χ2n) is 4.47. The van der Waals surface area contributed by atoms with Gasteiger partial charge in [-0.2, -0.15) is 5.26 Å². The maximum Gasteiger partial charge on any atom is 0.312 e. The standard InChI is InChI=1S/C15H11N3O2S/c16-8-11-1-3-12(4-2-11)10-20-14(19)7-13-9-18-5-6-21-15(18)17-13/h1-6,9H,7,10H2. The lowest BCUT2D eigenvalue weighted by molar-refractivity contribution is -0.144. The summed E-state index contributed by atoms with van der Waals surface area (Å²) in [6, 6.07) is 9.00. The highest BCUT2D eigenvalue weighted by atomic mass is 32.1. The SMILES string of the molecule is N#Cc1ccc(COC(=O)Cc2cn3ccsc3n2)cc1. The topological polar surface area (TPSA) is 67.4 Å². The number of ether oxygens (including phenoxy) is 1. The second-order valence-corrected chi connectivity index (χ2v) is 5.34. The third-order valence-corrected chi connectivity index (χ3v) is 3.72. The van der Waals surface area contributed by atoms with Crippen molar-refractivity contribution in [1.29, 1.82) is 5.26 Å². The van der Waals surface area contributed by atoms with Crippen molar-refractivity contribution in [3.05, 3.63) is 58.9 Å². The molecule has 0 N–H and O–H groups in total. The lowest BCUT2D eigenvalue weighted by atomic mass is 10.2. The number of imidazole rings is 1. The Hall–Kier alpha value is -2.65. The Labute approximate surface area is 125 Å². The molecule has 1 aromatic carbocycles. The van der Waals surface area contributed by atoms with E-state index >= 15 is 0 Å². The van der Waals surface area contributed by atoms with Crippen molar-refractivity contribution in [1.82, 2.24) is 9.38 Å². The van der Waals surface area contributed by atoms with Crippen LogP contribution in [-0.4, -0.2) is 15.4 Å². The first kappa shape index (κ1) is 13.3. The average Bonchev–Trinajstić information content (AvgIpc) is 3.07. The number of carbonyl (C=O) groups is 1. The predicted molar refractivity (Wildman–Crippen MR) is 77.7 cm³/mol. The van der Waals surface area contributed by atoms with Gasteiger partial charge in [-0.15, -0.1) is 11.3 Å². The zero-order valence-electron chi connectivity index (χ0n) is 11.0. The maximum absolute atomic E-state index is 11.8. The Balaban J connectivity index is 1.56. The molecule has 0 aliphatic rings. The van der Waals surface area contributed by atoms with E-state index in [4.69, 9.17) is 10.00 Å². The Bertz CT molecular complexity index is 783. The zero-order chi connectivity index (χ0) is 14.7. The second kappa shape index (κ2) is 5.77. The third-order valence-electron chi connectivity index (χ3n) is 2.95. The van der Waals surface area contributed by atoms with Gasteiger partial charge in [0.1, 0.15) is 6.61 Å². The number of hydrogen-bond donors (Lipinski definition) is 0. The number of benzene rings is 1. The van der Waals surface area contributed by atoms with Crippen LogP contribution in [0.5, 0.6) is 0 Å². The molecule has 0 saturated heterocycles. The third kappa shape index (κ3) is 3.09. The summed E-state index contributed by atoms with van der Waals surface area (Å²) in [7, 11) is 0. The minimum absolute atomic E-state index is 0.157. The van der Waals surface area contributed by atoms with E-state index in [0.717, 1.165) is 10.5 Å². The highest BCUT2D eigenvalue weighted by molar-refractivity contribution is 7.15. The summed E-state index contributed by atoms with van der Waals surface area (Å²) in [5.74, 6) is -0.315. The molecule has 21 heavy (non-hydrogen) atoms. The van der Waals surface area contributed by atoms with E-state index in [2.05, 4.69) is 4.98 Å². The molecule has 0 atom stereocenters. The molecule has 0 fully saturated rings. The number of nitrogens with zero attached hydrogens (tertiary/aromatic N) is 3. The lowest BCUT2D eigenvalue weighted by Gasteiger charge is -2.03. The Kier molecular flexibility index (Phi) is 3.67. The van der Waals surface area contributed by atoms with Crippen LogP contribution in [0, 0.1) is 11.3 Å². The van der Waals surface area contributed by atoms with E-state index in [1.165, 1.54) is 11.3 Å². The van der Waals surface area contributed by atoms with E-state index in [1.807, 2.05) is 28.2 Å². The number of rotatable bonds is 4. The molecule has 0 unspecified atom stereocenters. The fourth-order valence-corrected chi connectivity index (χ4v) is 2.62. The highest BCUT2D eigenvalue weighted by Gasteiger charge is 2.09. The summed E-state index contributed by atoms with van der Waals surface area (Å²) >= 11 is 1.52. The molecule has 0 aliphatic carbocycles. The molecule has 0 amide bonds. The predicted octanol–water partition coefficient (Wildman–Crippen LogP) is 2.55. The smallest absolute Gasteiger partial charge is 0.312 e. The number of esters is 1. The van der Waals surface area contributed by atoms with Gasteiger partial charge in [0.25, 0.3) is 0 Å². The number of fused-ring (bicyclic) bond motifs is 1. The molecule has 0 saturated carbocycles. The molecular formula is C15H11N3O2S. The molecule has 0 bridgehead atoms. The monoisotopic (exact) mass is 297 g/mol. The van der Waals surface area contributed by atoms with Crippen molar-refractivity contribution in [3.8, 4) is 6.07 Å². The van der Waals surface area contributed by atoms with Gasteiger partial charge in [-0.3, -0.25) is 9.20 Å². The number of thiazole rings is 1. The molecule has 2 heterocycles. The van der Waals surface area contributed by atoms with Crippen molar-refractivity contribution < 1.29 is 9.53 Å². The molecule has 0 spiro atoms. The molecule has 5 nitrogen and oxygen atoms in total. The van der Waals surface area contributed by atoms with Crippen LogP contribution in [0.25, 0.3) is 4.96 Å². The summed E-state index contributed by atoms with van der Waals surface area (Å²) in [5, 5.41) is 10.6. The molecule has 3 rings (SSSR count). The van der Waals surface area contributed by atoms with Crippen LogP contribution in [0.15, 0.2) is 42.0 Å². The number of hydrogen-bond acceptors (Lipinski definition) is 5. The first-order valence-corrected chi connectivity index (χ1v) is 7.18. The molecular weight excluding hydrogens is 286 g/mol. The molecule has 6 heteroatoms. The zero-order valence-corrected chi connectivity index (χ0v) is 11.8. The minimum atomic E-state index is -0.315. The Morgan fingerprint density at radius 2 is 2.19 bits per heavy atom. The van der Waals surface area contributed by atoms with Crippen LogP contribution in [0.1, 0.15) is 16.8 Å². The molecule has 0 aliphatic heterocycles. The van der Waals surface area contributed by atoms with E-state index in [0.29, 0.717) is 11.3 Å².